The van der Waals surface area contributed by atoms with Crippen molar-refractivity contribution in [1.29, 1.82) is 0 Å². The van der Waals surface area contributed by atoms with Crippen LogP contribution < -0.4 is 0 Å². The van der Waals surface area contributed by atoms with Crippen LogP contribution in [0.25, 0.3) is 0 Å². The van der Waals surface area contributed by atoms with Crippen molar-refractivity contribution < 1.29 is 5.11 Å². The van der Waals surface area contributed by atoms with Gasteiger partial charge in [0.25, 0.3) is 0 Å². The Bertz CT molecular complexity index is 282. The van der Waals surface area contributed by atoms with Gasteiger partial charge in [-0.3, -0.25) is 0 Å². The van der Waals surface area contributed by atoms with Crippen LogP contribution in [0.5, 0.6) is 0 Å². The van der Waals surface area contributed by atoms with E-state index in [9.17, 15) is 5.11 Å². The number of aromatic amines is 1. The van der Waals surface area contributed by atoms with Crippen LogP contribution in [-0.4, -0.2) is 25.7 Å². The van der Waals surface area contributed by atoms with Crippen LogP contribution in [0.1, 0.15) is 25.1 Å². The van der Waals surface area contributed by atoms with Gasteiger partial charge in [-0.1, -0.05) is 11.3 Å². The SMILES string of the molecule is OC1(c2nn[nH]n2)C=CCCC1. The molecule has 0 radical (unpaired) electrons. The van der Waals surface area contributed by atoms with E-state index in [2.05, 4.69) is 20.6 Å². The van der Waals surface area contributed by atoms with E-state index >= 15 is 0 Å². The summed E-state index contributed by atoms with van der Waals surface area (Å²) in [7, 11) is 0. The fourth-order valence-electron chi connectivity index (χ4n) is 1.38. The molecule has 0 aromatic carbocycles. The monoisotopic (exact) mass is 166 g/mol. The molecule has 0 amide bonds. The van der Waals surface area contributed by atoms with Crippen LogP contribution >= 0.6 is 0 Å². The smallest absolute Gasteiger partial charge is 0.209 e. The molecule has 0 spiro atoms. The molecule has 64 valence electrons. The lowest BCUT2D eigenvalue weighted by atomic mass is 9.91. The van der Waals surface area contributed by atoms with Crippen molar-refractivity contribution in [2.45, 2.75) is 24.9 Å². The van der Waals surface area contributed by atoms with Crippen molar-refractivity contribution in [1.82, 2.24) is 20.6 Å². The first-order valence-corrected chi connectivity index (χ1v) is 3.95. The third-order valence-electron chi connectivity index (χ3n) is 2.05. The Kier molecular flexibility index (Phi) is 1.65. The molecule has 1 aromatic rings. The van der Waals surface area contributed by atoms with Crippen LogP contribution in [-0.2, 0) is 5.60 Å². The zero-order valence-electron chi connectivity index (χ0n) is 6.56. The molecule has 1 unspecified atom stereocenters. The normalized spacial score (nSPS) is 29.1. The second-order valence-electron chi connectivity index (χ2n) is 2.95. The highest BCUT2D eigenvalue weighted by atomic mass is 16.3. The number of nitrogens with one attached hydrogen (secondary N) is 1. The predicted molar refractivity (Wildman–Crippen MR) is 41.1 cm³/mol. The van der Waals surface area contributed by atoms with E-state index in [0.29, 0.717) is 12.2 Å². The van der Waals surface area contributed by atoms with Gasteiger partial charge in [-0.2, -0.15) is 5.21 Å². The van der Waals surface area contributed by atoms with Crippen molar-refractivity contribution in [3.8, 4) is 0 Å². The number of aliphatic hydroxyl groups is 1. The number of tetrazole rings is 1. The Labute approximate surface area is 69.5 Å². The molecule has 1 atom stereocenters. The maximum Gasteiger partial charge on any atom is 0.209 e. The molecule has 5 heteroatoms. The summed E-state index contributed by atoms with van der Waals surface area (Å²) in [6.45, 7) is 0. The lowest BCUT2D eigenvalue weighted by Crippen LogP contribution is -2.26. The van der Waals surface area contributed by atoms with E-state index in [1.165, 1.54) is 0 Å². The van der Waals surface area contributed by atoms with Gasteiger partial charge in [0.15, 0.2) is 0 Å². The molecule has 0 fully saturated rings. The van der Waals surface area contributed by atoms with Crippen LogP contribution in [0.2, 0.25) is 0 Å². The molecule has 2 rings (SSSR count). The first-order valence-electron chi connectivity index (χ1n) is 3.95. The minimum Gasteiger partial charge on any atom is -0.378 e. The van der Waals surface area contributed by atoms with Gasteiger partial charge >= 0.3 is 0 Å². The Morgan fingerprint density at radius 1 is 1.58 bits per heavy atom. The fraction of sp³-hybridized carbons (Fsp3) is 0.571. The lowest BCUT2D eigenvalue weighted by Gasteiger charge is -2.23. The second kappa shape index (κ2) is 2.67. The van der Waals surface area contributed by atoms with Crippen molar-refractivity contribution in [3.05, 3.63) is 18.0 Å². The van der Waals surface area contributed by atoms with Gasteiger partial charge in [-0.15, -0.1) is 10.2 Å². The average molecular weight is 166 g/mol. The minimum atomic E-state index is -0.995. The van der Waals surface area contributed by atoms with Crippen molar-refractivity contribution in [2.24, 2.45) is 0 Å². The van der Waals surface area contributed by atoms with Crippen LogP contribution in [0.15, 0.2) is 12.2 Å². The quantitative estimate of drug-likeness (QED) is 0.581. The molecule has 2 N–H and O–H groups in total. The molecule has 5 nitrogen and oxygen atoms in total. The van der Waals surface area contributed by atoms with Crippen molar-refractivity contribution in [3.63, 3.8) is 0 Å². The standard InChI is InChI=1S/C7H10N4O/c12-7(4-2-1-3-5-7)6-8-10-11-9-6/h2,4,12H,1,3,5H2,(H,8,9,10,11). The lowest BCUT2D eigenvalue weighted by molar-refractivity contribution is 0.0633. The maximum atomic E-state index is 9.96. The highest BCUT2D eigenvalue weighted by molar-refractivity contribution is 5.13. The number of aromatic nitrogens is 4. The number of rotatable bonds is 1. The summed E-state index contributed by atoms with van der Waals surface area (Å²) in [5.41, 5.74) is -0.995. The molecule has 12 heavy (non-hydrogen) atoms. The van der Waals surface area contributed by atoms with Crippen molar-refractivity contribution in [2.75, 3.05) is 0 Å². The molecule has 0 saturated carbocycles. The first-order chi connectivity index (χ1) is 5.81. The third-order valence-corrected chi connectivity index (χ3v) is 2.05. The summed E-state index contributed by atoms with van der Waals surface area (Å²) in [4.78, 5) is 0. The van der Waals surface area contributed by atoms with Gasteiger partial charge in [0.05, 0.1) is 0 Å². The number of hydrogen-bond donors (Lipinski definition) is 2. The molecule has 1 aliphatic carbocycles. The molecule has 1 aromatic heterocycles. The third kappa shape index (κ3) is 1.12. The van der Waals surface area contributed by atoms with Crippen LogP contribution in [0, 0.1) is 0 Å². The highest BCUT2D eigenvalue weighted by Crippen LogP contribution is 2.28. The minimum absolute atomic E-state index is 0.360. The predicted octanol–water partition coefficient (Wildman–Crippen LogP) is 0.127. The zero-order valence-corrected chi connectivity index (χ0v) is 6.56. The topological polar surface area (TPSA) is 74.7 Å². The summed E-state index contributed by atoms with van der Waals surface area (Å²) in [5.74, 6) is 0.360. The van der Waals surface area contributed by atoms with Gasteiger partial charge < -0.3 is 5.11 Å². The van der Waals surface area contributed by atoms with E-state index < -0.39 is 5.60 Å². The fourth-order valence-corrected chi connectivity index (χ4v) is 1.38. The Balaban J connectivity index is 2.31. The summed E-state index contributed by atoms with van der Waals surface area (Å²) in [6.07, 6.45) is 6.33. The average Bonchev–Trinajstić information content (AvgIpc) is 2.58. The van der Waals surface area contributed by atoms with Crippen molar-refractivity contribution >= 4 is 0 Å². The molecule has 1 heterocycles. The molecule has 0 saturated heterocycles. The van der Waals surface area contributed by atoms with E-state index in [1.54, 1.807) is 6.08 Å². The number of H-pyrrole nitrogens is 1. The van der Waals surface area contributed by atoms with E-state index in [0.717, 1.165) is 12.8 Å². The summed E-state index contributed by atoms with van der Waals surface area (Å²) in [6, 6.07) is 0. The Morgan fingerprint density at radius 3 is 3.08 bits per heavy atom. The summed E-state index contributed by atoms with van der Waals surface area (Å²) < 4.78 is 0. The molecule has 0 bridgehead atoms. The van der Waals surface area contributed by atoms with Gasteiger partial charge in [0.2, 0.25) is 5.82 Å². The molecular formula is C7H10N4O. The Morgan fingerprint density at radius 2 is 2.50 bits per heavy atom. The molecular weight excluding hydrogens is 156 g/mol. The van der Waals surface area contributed by atoms with Crippen LogP contribution in [0.3, 0.4) is 0 Å². The Hall–Kier alpha value is -1.23. The number of allylic oxidation sites excluding steroid dienone is 1. The van der Waals surface area contributed by atoms with Gasteiger partial charge in [-0.25, -0.2) is 0 Å². The van der Waals surface area contributed by atoms with E-state index in [1.807, 2.05) is 6.08 Å². The van der Waals surface area contributed by atoms with Gasteiger partial charge in [-0.05, 0) is 25.3 Å². The second-order valence-corrected chi connectivity index (χ2v) is 2.95. The largest absolute Gasteiger partial charge is 0.378 e. The zero-order chi connectivity index (χ0) is 8.44. The molecule has 0 aliphatic heterocycles. The van der Waals surface area contributed by atoms with Gasteiger partial charge in [0.1, 0.15) is 5.60 Å². The van der Waals surface area contributed by atoms with Gasteiger partial charge in [0, 0.05) is 0 Å². The highest BCUT2D eigenvalue weighted by Gasteiger charge is 2.31. The van der Waals surface area contributed by atoms with E-state index in [-0.39, 0.29) is 0 Å². The van der Waals surface area contributed by atoms with Crippen LogP contribution in [0.4, 0.5) is 0 Å². The number of hydrogen-bond acceptors (Lipinski definition) is 4. The first kappa shape index (κ1) is 7.42. The summed E-state index contributed by atoms with van der Waals surface area (Å²) in [5, 5.41) is 23.2. The maximum absolute atomic E-state index is 9.96. The molecule has 1 aliphatic rings. The summed E-state index contributed by atoms with van der Waals surface area (Å²) >= 11 is 0. The van der Waals surface area contributed by atoms with E-state index in [4.69, 9.17) is 0 Å². The number of nitrogens with zero attached hydrogens (tertiary/aromatic N) is 3.